The monoisotopic (exact) mass is 271 g/mol. The number of hydrogen-bond donors (Lipinski definition) is 2. The van der Waals surface area contributed by atoms with Gasteiger partial charge in [-0.15, -0.1) is 12.4 Å². The summed E-state index contributed by atoms with van der Waals surface area (Å²) in [5, 5.41) is 9.30. The number of aliphatic carboxylic acids is 1. The van der Waals surface area contributed by atoms with E-state index in [-0.39, 0.29) is 12.4 Å². The van der Waals surface area contributed by atoms with E-state index in [1.807, 2.05) is 19.1 Å². The van der Waals surface area contributed by atoms with Gasteiger partial charge < -0.3 is 15.6 Å². The molecular formula is C13H18ClNO3. The Kier molecular flexibility index (Phi) is 4.59. The molecule has 1 aromatic rings. The SMILES string of the molecule is CCOc1ccc2c(c1)C(N)(C(=O)O)CCC2.Cl. The molecule has 1 aromatic carbocycles. The summed E-state index contributed by atoms with van der Waals surface area (Å²) in [7, 11) is 0. The number of ether oxygens (including phenoxy) is 1. The van der Waals surface area contributed by atoms with Crippen LogP contribution in [0, 0.1) is 0 Å². The van der Waals surface area contributed by atoms with Crippen molar-refractivity contribution in [1.29, 1.82) is 0 Å². The lowest BCUT2D eigenvalue weighted by molar-refractivity contribution is -0.144. The first-order valence-electron chi connectivity index (χ1n) is 5.86. The lowest BCUT2D eigenvalue weighted by Gasteiger charge is -2.32. The molecule has 0 heterocycles. The molecule has 4 nitrogen and oxygen atoms in total. The number of benzene rings is 1. The molecule has 5 heteroatoms. The fourth-order valence-corrected chi connectivity index (χ4v) is 2.36. The Morgan fingerprint density at radius 1 is 1.56 bits per heavy atom. The highest BCUT2D eigenvalue weighted by molar-refractivity contribution is 5.85. The second kappa shape index (κ2) is 5.59. The first kappa shape index (κ1) is 14.8. The van der Waals surface area contributed by atoms with E-state index in [1.165, 1.54) is 0 Å². The van der Waals surface area contributed by atoms with Crippen molar-refractivity contribution in [2.75, 3.05) is 6.61 Å². The van der Waals surface area contributed by atoms with Crippen molar-refractivity contribution in [1.82, 2.24) is 0 Å². The zero-order valence-corrected chi connectivity index (χ0v) is 11.1. The number of hydrogen-bond acceptors (Lipinski definition) is 3. The maximum atomic E-state index is 11.3. The molecule has 100 valence electrons. The molecule has 0 radical (unpaired) electrons. The number of nitrogens with two attached hydrogens (primary N) is 1. The zero-order valence-electron chi connectivity index (χ0n) is 10.3. The second-order valence-electron chi connectivity index (χ2n) is 4.38. The van der Waals surface area contributed by atoms with Gasteiger partial charge in [-0.1, -0.05) is 6.07 Å². The number of aryl methyl sites for hydroxylation is 1. The van der Waals surface area contributed by atoms with Crippen LogP contribution < -0.4 is 10.5 Å². The summed E-state index contributed by atoms with van der Waals surface area (Å²) < 4.78 is 5.40. The quantitative estimate of drug-likeness (QED) is 0.883. The molecule has 3 N–H and O–H groups in total. The maximum absolute atomic E-state index is 11.3. The Hall–Kier alpha value is -1.26. The minimum absolute atomic E-state index is 0. The van der Waals surface area contributed by atoms with Gasteiger partial charge in [0.15, 0.2) is 0 Å². The van der Waals surface area contributed by atoms with E-state index in [4.69, 9.17) is 10.5 Å². The van der Waals surface area contributed by atoms with E-state index < -0.39 is 11.5 Å². The molecular weight excluding hydrogens is 254 g/mol. The number of carboxylic acids is 1. The van der Waals surface area contributed by atoms with Crippen molar-refractivity contribution >= 4 is 18.4 Å². The van der Waals surface area contributed by atoms with Gasteiger partial charge in [-0.05, 0) is 49.4 Å². The highest BCUT2D eigenvalue weighted by Gasteiger charge is 2.40. The lowest BCUT2D eigenvalue weighted by atomic mass is 9.77. The fraction of sp³-hybridized carbons (Fsp3) is 0.462. The van der Waals surface area contributed by atoms with Gasteiger partial charge in [0.2, 0.25) is 0 Å². The van der Waals surface area contributed by atoms with Crippen LogP contribution in [0.4, 0.5) is 0 Å². The van der Waals surface area contributed by atoms with Crippen LogP contribution in [-0.2, 0) is 16.8 Å². The van der Waals surface area contributed by atoms with Crippen LogP contribution in [-0.4, -0.2) is 17.7 Å². The van der Waals surface area contributed by atoms with Gasteiger partial charge in [-0.25, -0.2) is 4.79 Å². The Balaban J connectivity index is 0.00000162. The molecule has 0 fully saturated rings. The van der Waals surface area contributed by atoms with Gasteiger partial charge in [0.1, 0.15) is 11.3 Å². The highest BCUT2D eigenvalue weighted by Crippen LogP contribution is 2.35. The average molecular weight is 272 g/mol. The number of carbonyl (C=O) groups is 1. The number of carboxylic acid groups (broad SMARTS) is 1. The summed E-state index contributed by atoms with van der Waals surface area (Å²) >= 11 is 0. The van der Waals surface area contributed by atoms with Crippen LogP contribution in [0.1, 0.15) is 30.9 Å². The van der Waals surface area contributed by atoms with Crippen molar-refractivity contribution in [3.8, 4) is 5.75 Å². The van der Waals surface area contributed by atoms with Crippen molar-refractivity contribution in [2.24, 2.45) is 5.73 Å². The summed E-state index contributed by atoms with van der Waals surface area (Å²) in [5.74, 6) is -0.281. The van der Waals surface area contributed by atoms with Crippen LogP contribution in [0.2, 0.25) is 0 Å². The first-order valence-corrected chi connectivity index (χ1v) is 5.86. The van der Waals surface area contributed by atoms with E-state index in [2.05, 4.69) is 0 Å². The molecule has 18 heavy (non-hydrogen) atoms. The molecule has 1 unspecified atom stereocenters. The van der Waals surface area contributed by atoms with E-state index in [0.29, 0.717) is 24.3 Å². The second-order valence-corrected chi connectivity index (χ2v) is 4.38. The van der Waals surface area contributed by atoms with Gasteiger partial charge in [0.25, 0.3) is 0 Å². The molecule has 0 amide bonds. The smallest absolute Gasteiger partial charge is 0.328 e. The third-order valence-electron chi connectivity index (χ3n) is 3.27. The normalized spacial score (nSPS) is 21.7. The minimum atomic E-state index is -1.26. The standard InChI is InChI=1S/C13H17NO3.ClH/c1-2-17-10-6-5-9-4-3-7-13(14,12(15)16)11(9)8-10;/h5-6,8H,2-4,7,14H2,1H3,(H,15,16);1H. The van der Waals surface area contributed by atoms with Crippen molar-refractivity contribution in [3.63, 3.8) is 0 Å². The van der Waals surface area contributed by atoms with E-state index in [1.54, 1.807) is 6.07 Å². The number of rotatable bonds is 3. The van der Waals surface area contributed by atoms with E-state index in [0.717, 1.165) is 18.4 Å². The van der Waals surface area contributed by atoms with Crippen molar-refractivity contribution < 1.29 is 14.6 Å². The first-order chi connectivity index (χ1) is 8.08. The van der Waals surface area contributed by atoms with Crippen molar-refractivity contribution in [2.45, 2.75) is 31.7 Å². The largest absolute Gasteiger partial charge is 0.494 e. The molecule has 0 saturated carbocycles. The third-order valence-corrected chi connectivity index (χ3v) is 3.27. The van der Waals surface area contributed by atoms with Gasteiger partial charge in [-0.3, -0.25) is 0 Å². The zero-order chi connectivity index (χ0) is 12.5. The molecule has 0 aromatic heterocycles. The van der Waals surface area contributed by atoms with E-state index in [9.17, 15) is 9.90 Å². The summed E-state index contributed by atoms with van der Waals surface area (Å²) in [6, 6.07) is 5.56. The minimum Gasteiger partial charge on any atom is -0.494 e. The Morgan fingerprint density at radius 2 is 2.28 bits per heavy atom. The summed E-state index contributed by atoms with van der Waals surface area (Å²) in [4.78, 5) is 11.3. The number of halogens is 1. The molecule has 1 aliphatic carbocycles. The number of fused-ring (bicyclic) bond motifs is 1. The maximum Gasteiger partial charge on any atom is 0.328 e. The predicted molar refractivity (Wildman–Crippen MR) is 71.3 cm³/mol. The van der Waals surface area contributed by atoms with Crippen LogP contribution in [0.25, 0.3) is 0 Å². The summed E-state index contributed by atoms with van der Waals surface area (Å²) in [6.45, 7) is 2.45. The van der Waals surface area contributed by atoms with Crippen LogP contribution in [0.15, 0.2) is 18.2 Å². The van der Waals surface area contributed by atoms with Gasteiger partial charge in [0.05, 0.1) is 6.61 Å². The molecule has 1 aliphatic rings. The Morgan fingerprint density at radius 3 is 2.89 bits per heavy atom. The van der Waals surface area contributed by atoms with Crippen molar-refractivity contribution in [3.05, 3.63) is 29.3 Å². The Bertz CT molecular complexity index is 450. The molecule has 0 aliphatic heterocycles. The van der Waals surface area contributed by atoms with Gasteiger partial charge >= 0.3 is 5.97 Å². The van der Waals surface area contributed by atoms with Crippen LogP contribution in [0.5, 0.6) is 5.75 Å². The molecule has 2 rings (SSSR count). The van der Waals surface area contributed by atoms with Crippen LogP contribution >= 0.6 is 12.4 Å². The summed E-state index contributed by atoms with van der Waals surface area (Å²) in [5.41, 5.74) is 6.47. The lowest BCUT2D eigenvalue weighted by Crippen LogP contribution is -2.47. The molecule has 1 atom stereocenters. The molecule has 0 saturated heterocycles. The average Bonchev–Trinajstić information content (AvgIpc) is 2.30. The summed E-state index contributed by atoms with van der Waals surface area (Å²) in [6.07, 6.45) is 2.17. The predicted octanol–water partition coefficient (Wildman–Crippen LogP) is 2.08. The topological polar surface area (TPSA) is 72.5 Å². The van der Waals surface area contributed by atoms with E-state index >= 15 is 0 Å². The fourth-order valence-electron chi connectivity index (χ4n) is 2.36. The third kappa shape index (κ3) is 2.44. The Labute approximate surface area is 113 Å². The van der Waals surface area contributed by atoms with Gasteiger partial charge in [-0.2, -0.15) is 0 Å². The molecule has 0 bridgehead atoms. The van der Waals surface area contributed by atoms with Gasteiger partial charge in [0, 0.05) is 0 Å². The van der Waals surface area contributed by atoms with Crippen LogP contribution in [0.3, 0.4) is 0 Å². The highest BCUT2D eigenvalue weighted by atomic mass is 35.5. The molecule has 0 spiro atoms.